The van der Waals surface area contributed by atoms with Gasteiger partial charge in [0.1, 0.15) is 11.6 Å². The molecule has 0 bridgehead atoms. The molecule has 4 aromatic carbocycles. The van der Waals surface area contributed by atoms with Gasteiger partial charge >= 0.3 is 0 Å². The Kier molecular flexibility index (Phi) is 8.80. The summed E-state index contributed by atoms with van der Waals surface area (Å²) < 4.78 is 2.15. The van der Waals surface area contributed by atoms with Crippen molar-refractivity contribution in [3.63, 3.8) is 0 Å². The average Bonchev–Trinajstić information content (AvgIpc) is 3.46. The van der Waals surface area contributed by atoms with Crippen molar-refractivity contribution in [1.29, 1.82) is 0 Å². The number of benzene rings is 4. The minimum atomic E-state index is -0.127. The molecule has 0 aliphatic carbocycles. The average molecular weight is 673 g/mol. The summed E-state index contributed by atoms with van der Waals surface area (Å²) in [6, 6.07) is 28.8. The van der Waals surface area contributed by atoms with Gasteiger partial charge in [0.25, 0.3) is 0 Å². The fraction of sp³-hybridized carbons (Fsp3) is 0.283. The van der Waals surface area contributed by atoms with Crippen LogP contribution in [0.1, 0.15) is 91.5 Å². The van der Waals surface area contributed by atoms with Crippen molar-refractivity contribution in [2.75, 3.05) is 0 Å². The summed E-state index contributed by atoms with van der Waals surface area (Å²) in [5.41, 5.74) is 12.8. The largest absolute Gasteiger partial charge is 0.507 e. The number of hydrogen-bond acceptors (Lipinski definition) is 3. The molecular formula is C46H48N4O. The molecule has 0 aliphatic rings. The summed E-state index contributed by atoms with van der Waals surface area (Å²) in [5, 5.41) is 11.3. The van der Waals surface area contributed by atoms with Gasteiger partial charge in [-0.2, -0.15) is 0 Å². The number of fused-ring (bicyclic) bond motifs is 1. The van der Waals surface area contributed by atoms with Crippen LogP contribution in [-0.2, 0) is 16.2 Å². The van der Waals surface area contributed by atoms with Crippen LogP contribution in [0.15, 0.2) is 97.7 Å². The minimum Gasteiger partial charge on any atom is -0.507 e. The van der Waals surface area contributed by atoms with Gasteiger partial charge in [0.05, 0.1) is 23.3 Å². The second-order valence-corrected chi connectivity index (χ2v) is 16.8. The molecule has 0 atom stereocenters. The van der Waals surface area contributed by atoms with Gasteiger partial charge in [0.15, 0.2) is 5.69 Å². The van der Waals surface area contributed by atoms with E-state index in [2.05, 4.69) is 139 Å². The van der Waals surface area contributed by atoms with Gasteiger partial charge in [0, 0.05) is 28.6 Å². The number of allylic oxidation sites excluding steroid dienone is 1. The molecule has 0 saturated carbocycles. The molecule has 0 unspecified atom stereocenters. The minimum absolute atomic E-state index is 0.0732. The lowest BCUT2D eigenvalue weighted by Gasteiger charge is -2.27. The Bertz CT molecular complexity index is 2330. The molecule has 1 N–H and O–H groups in total. The number of hydrogen-bond donors (Lipinski definition) is 1. The summed E-state index contributed by atoms with van der Waals surface area (Å²) in [7, 11) is 0. The van der Waals surface area contributed by atoms with Gasteiger partial charge in [-0.15, -0.1) is 0 Å². The molecule has 5 nitrogen and oxygen atoms in total. The fourth-order valence-electron chi connectivity index (χ4n) is 6.37. The molecule has 2 heterocycles. The van der Waals surface area contributed by atoms with E-state index in [0.717, 1.165) is 50.2 Å². The second-order valence-electron chi connectivity index (χ2n) is 16.8. The normalized spacial score (nSPS) is 12.3. The first-order valence-electron chi connectivity index (χ1n) is 17.5. The van der Waals surface area contributed by atoms with E-state index in [-0.39, 0.29) is 22.0 Å². The standard InChI is InChI=1S/C46H48N4O/c1-28(2)29-18-19-48-39(23-29)31-20-30(21-32(22-31)44(3,4)5)37-14-13-15-40-42(37)49-43(38-27-35(47-12)16-17-41(38)51)50(40)36-25-33(45(6,7)8)24-34(26-36)46(9,10)11/h13-27,51H,1H2,2-11H3. The molecule has 0 aliphatic heterocycles. The fourth-order valence-corrected chi connectivity index (χ4v) is 6.37. The summed E-state index contributed by atoms with van der Waals surface area (Å²) in [6.07, 6.45) is 1.85. The Morgan fingerprint density at radius 2 is 1.35 bits per heavy atom. The van der Waals surface area contributed by atoms with Crippen molar-refractivity contribution in [2.45, 2.75) is 85.5 Å². The molecule has 258 valence electrons. The maximum Gasteiger partial charge on any atom is 0.188 e. The van der Waals surface area contributed by atoms with Crippen LogP contribution < -0.4 is 0 Å². The zero-order valence-electron chi connectivity index (χ0n) is 31.6. The number of nitrogens with zero attached hydrogens (tertiary/aromatic N) is 4. The number of pyridine rings is 1. The Labute approximate surface area is 303 Å². The highest BCUT2D eigenvalue weighted by atomic mass is 16.3. The Morgan fingerprint density at radius 1 is 0.725 bits per heavy atom. The number of aromatic nitrogens is 3. The molecule has 51 heavy (non-hydrogen) atoms. The van der Waals surface area contributed by atoms with Crippen molar-refractivity contribution < 1.29 is 5.11 Å². The van der Waals surface area contributed by atoms with Crippen LogP contribution in [0.5, 0.6) is 5.75 Å². The highest BCUT2D eigenvalue weighted by Crippen LogP contribution is 2.42. The monoisotopic (exact) mass is 672 g/mol. The van der Waals surface area contributed by atoms with E-state index in [4.69, 9.17) is 16.5 Å². The van der Waals surface area contributed by atoms with Gasteiger partial charge in [-0.3, -0.25) is 9.55 Å². The van der Waals surface area contributed by atoms with E-state index in [1.165, 1.54) is 16.7 Å². The van der Waals surface area contributed by atoms with E-state index in [1.54, 1.807) is 18.2 Å². The van der Waals surface area contributed by atoms with Gasteiger partial charge in [0.2, 0.25) is 0 Å². The van der Waals surface area contributed by atoms with E-state index >= 15 is 0 Å². The number of phenols is 1. The van der Waals surface area contributed by atoms with Gasteiger partial charge in [-0.1, -0.05) is 105 Å². The first-order chi connectivity index (χ1) is 23.8. The third-order valence-corrected chi connectivity index (χ3v) is 9.60. The van der Waals surface area contributed by atoms with E-state index < -0.39 is 0 Å². The topological polar surface area (TPSA) is 55.3 Å². The van der Waals surface area contributed by atoms with E-state index in [0.29, 0.717) is 17.1 Å². The molecular weight excluding hydrogens is 625 g/mol. The first kappa shape index (κ1) is 35.4. The van der Waals surface area contributed by atoms with Crippen LogP contribution in [0.3, 0.4) is 0 Å². The van der Waals surface area contributed by atoms with Crippen LogP contribution in [0.4, 0.5) is 5.69 Å². The van der Waals surface area contributed by atoms with Gasteiger partial charge in [-0.25, -0.2) is 9.83 Å². The Balaban J connectivity index is 1.71. The molecule has 0 amide bonds. The van der Waals surface area contributed by atoms with Crippen LogP contribution >= 0.6 is 0 Å². The molecule has 5 heteroatoms. The summed E-state index contributed by atoms with van der Waals surface area (Å²) in [5.74, 6) is 0.651. The van der Waals surface area contributed by atoms with Crippen molar-refractivity contribution in [2.24, 2.45) is 0 Å². The number of aromatic hydroxyl groups is 1. The van der Waals surface area contributed by atoms with Crippen molar-refractivity contribution >= 4 is 22.3 Å². The lowest BCUT2D eigenvalue weighted by atomic mass is 9.80. The predicted octanol–water partition coefficient (Wildman–Crippen LogP) is 12.6. The number of rotatable bonds is 5. The highest BCUT2D eigenvalue weighted by molar-refractivity contribution is 5.97. The zero-order valence-corrected chi connectivity index (χ0v) is 31.6. The van der Waals surface area contributed by atoms with Crippen LogP contribution in [0.25, 0.3) is 60.9 Å². The van der Waals surface area contributed by atoms with Crippen molar-refractivity contribution in [3.05, 3.63) is 131 Å². The molecule has 6 aromatic rings. The summed E-state index contributed by atoms with van der Waals surface area (Å²) >= 11 is 0. The summed E-state index contributed by atoms with van der Waals surface area (Å²) in [4.78, 5) is 13.8. The first-order valence-corrected chi connectivity index (χ1v) is 17.5. The smallest absolute Gasteiger partial charge is 0.188 e. The lowest BCUT2D eigenvalue weighted by Crippen LogP contribution is -2.17. The van der Waals surface area contributed by atoms with Crippen molar-refractivity contribution in [3.8, 4) is 45.2 Å². The Hall–Kier alpha value is -5.47. The number of imidazole rings is 1. The van der Waals surface area contributed by atoms with Crippen molar-refractivity contribution in [1.82, 2.24) is 14.5 Å². The molecule has 0 fully saturated rings. The van der Waals surface area contributed by atoms with Gasteiger partial charge < -0.3 is 5.11 Å². The van der Waals surface area contributed by atoms with E-state index in [9.17, 15) is 5.11 Å². The zero-order chi connectivity index (χ0) is 37.0. The molecule has 6 rings (SSSR count). The van der Waals surface area contributed by atoms with Gasteiger partial charge in [-0.05, 0) is 106 Å². The number of para-hydroxylation sites is 1. The van der Waals surface area contributed by atoms with Crippen LogP contribution in [-0.4, -0.2) is 19.6 Å². The quantitative estimate of drug-likeness (QED) is 0.185. The SMILES string of the molecule is [C-]#[N+]c1ccc(O)c(-c2nc3c(-c4cc(-c5cc(C(=C)C)ccn5)cc(C(C)(C)C)c4)cccc3n2-c2cc(C(C)(C)C)cc(C(C)(C)C)c2)c1. The molecule has 0 radical (unpaired) electrons. The predicted molar refractivity (Wildman–Crippen MR) is 214 cm³/mol. The molecule has 2 aromatic heterocycles. The number of phenolic OH excluding ortho intramolecular Hbond substituents is 1. The third kappa shape index (κ3) is 6.97. The highest BCUT2D eigenvalue weighted by Gasteiger charge is 2.26. The summed E-state index contributed by atoms with van der Waals surface area (Å²) in [6.45, 7) is 34.0. The Morgan fingerprint density at radius 3 is 1.96 bits per heavy atom. The maximum absolute atomic E-state index is 11.3. The second kappa shape index (κ2) is 12.7. The molecule has 0 saturated heterocycles. The maximum atomic E-state index is 11.3. The molecule has 0 spiro atoms. The van der Waals surface area contributed by atoms with E-state index in [1.807, 2.05) is 19.2 Å². The van der Waals surface area contributed by atoms with Crippen LogP contribution in [0.2, 0.25) is 0 Å². The third-order valence-electron chi connectivity index (χ3n) is 9.60. The lowest BCUT2D eigenvalue weighted by molar-refractivity contribution is 0.477. The van der Waals surface area contributed by atoms with Crippen LogP contribution in [0, 0.1) is 6.57 Å².